The van der Waals surface area contributed by atoms with Crippen molar-refractivity contribution in [1.29, 1.82) is 0 Å². The van der Waals surface area contributed by atoms with Crippen LogP contribution in [0.15, 0.2) is 53.3 Å². The molecule has 0 spiro atoms. The van der Waals surface area contributed by atoms with Crippen LogP contribution in [0.3, 0.4) is 0 Å². The smallest absolute Gasteiger partial charge is 0.261 e. The molecule has 0 amide bonds. The van der Waals surface area contributed by atoms with Gasteiger partial charge in [-0.05, 0) is 37.6 Å². The standard InChI is InChI=1S/C16H14N2O/c1-11-8-9-14-12(2)17-16(19)18(15(14)10-11)13-6-4-3-5-7-13/h3-10H,1-2H3. The van der Waals surface area contributed by atoms with Crippen molar-refractivity contribution in [1.82, 2.24) is 9.55 Å². The van der Waals surface area contributed by atoms with E-state index in [2.05, 4.69) is 4.98 Å². The molecule has 0 aliphatic rings. The van der Waals surface area contributed by atoms with Gasteiger partial charge in [0, 0.05) is 5.39 Å². The third-order valence-electron chi connectivity index (χ3n) is 3.25. The Labute approximate surface area is 111 Å². The average Bonchev–Trinajstić information content (AvgIpc) is 2.39. The maximum atomic E-state index is 12.2. The lowest BCUT2D eigenvalue weighted by Gasteiger charge is -2.11. The summed E-state index contributed by atoms with van der Waals surface area (Å²) < 4.78 is 1.66. The minimum Gasteiger partial charge on any atom is -0.261 e. The zero-order valence-electron chi connectivity index (χ0n) is 10.9. The lowest BCUT2D eigenvalue weighted by molar-refractivity contribution is 0.939. The molecule has 0 bridgehead atoms. The quantitative estimate of drug-likeness (QED) is 0.665. The van der Waals surface area contributed by atoms with E-state index in [1.165, 1.54) is 0 Å². The Hall–Kier alpha value is -2.42. The molecule has 2 aromatic carbocycles. The van der Waals surface area contributed by atoms with Crippen molar-refractivity contribution in [3.05, 3.63) is 70.3 Å². The number of hydrogen-bond donors (Lipinski definition) is 0. The Morgan fingerprint density at radius 3 is 2.47 bits per heavy atom. The monoisotopic (exact) mass is 250 g/mol. The number of fused-ring (bicyclic) bond motifs is 1. The molecule has 0 radical (unpaired) electrons. The first-order valence-electron chi connectivity index (χ1n) is 6.22. The van der Waals surface area contributed by atoms with Gasteiger partial charge in [0.05, 0.1) is 16.9 Å². The zero-order valence-corrected chi connectivity index (χ0v) is 10.9. The highest BCUT2D eigenvalue weighted by Gasteiger charge is 2.09. The molecule has 0 fully saturated rings. The van der Waals surface area contributed by atoms with Crippen molar-refractivity contribution in [2.75, 3.05) is 0 Å². The van der Waals surface area contributed by atoms with Gasteiger partial charge in [0.25, 0.3) is 0 Å². The Balaban J connectivity index is 2.48. The molecule has 19 heavy (non-hydrogen) atoms. The fourth-order valence-electron chi connectivity index (χ4n) is 2.32. The van der Waals surface area contributed by atoms with Crippen LogP contribution in [0.1, 0.15) is 11.3 Å². The summed E-state index contributed by atoms with van der Waals surface area (Å²) in [5.41, 5.74) is 3.41. The fraction of sp³-hybridized carbons (Fsp3) is 0.125. The highest BCUT2D eigenvalue weighted by Crippen LogP contribution is 2.19. The molecule has 1 heterocycles. The van der Waals surface area contributed by atoms with Crippen molar-refractivity contribution < 1.29 is 0 Å². The first kappa shape index (κ1) is 11.7. The molecule has 3 aromatic rings. The van der Waals surface area contributed by atoms with Crippen LogP contribution in [0.25, 0.3) is 16.6 Å². The Morgan fingerprint density at radius 1 is 1.00 bits per heavy atom. The molecular formula is C16H14N2O. The van der Waals surface area contributed by atoms with E-state index in [4.69, 9.17) is 0 Å². The molecule has 0 unspecified atom stereocenters. The summed E-state index contributed by atoms with van der Waals surface area (Å²) in [4.78, 5) is 16.3. The summed E-state index contributed by atoms with van der Waals surface area (Å²) in [7, 11) is 0. The van der Waals surface area contributed by atoms with E-state index in [9.17, 15) is 4.79 Å². The van der Waals surface area contributed by atoms with Crippen molar-refractivity contribution in [2.45, 2.75) is 13.8 Å². The van der Waals surface area contributed by atoms with Crippen molar-refractivity contribution in [2.24, 2.45) is 0 Å². The molecule has 1 aromatic heterocycles. The first-order chi connectivity index (χ1) is 9.16. The van der Waals surface area contributed by atoms with Crippen LogP contribution in [-0.4, -0.2) is 9.55 Å². The minimum atomic E-state index is -0.234. The molecule has 0 aliphatic carbocycles. The second kappa shape index (κ2) is 4.35. The molecule has 94 valence electrons. The number of hydrogen-bond acceptors (Lipinski definition) is 2. The molecule has 0 N–H and O–H groups in total. The van der Waals surface area contributed by atoms with Gasteiger partial charge in [0.2, 0.25) is 0 Å². The van der Waals surface area contributed by atoms with Crippen LogP contribution < -0.4 is 5.69 Å². The number of para-hydroxylation sites is 1. The predicted octanol–water partition coefficient (Wildman–Crippen LogP) is 3.00. The maximum absolute atomic E-state index is 12.2. The topological polar surface area (TPSA) is 34.9 Å². The van der Waals surface area contributed by atoms with E-state index < -0.39 is 0 Å². The van der Waals surface area contributed by atoms with Crippen LogP contribution in [0, 0.1) is 13.8 Å². The third-order valence-corrected chi connectivity index (χ3v) is 3.25. The minimum absolute atomic E-state index is 0.234. The molecule has 0 aliphatic heterocycles. The molecule has 0 saturated heterocycles. The van der Waals surface area contributed by atoms with Crippen molar-refractivity contribution >= 4 is 10.9 Å². The Kier molecular flexibility index (Phi) is 2.67. The summed E-state index contributed by atoms with van der Waals surface area (Å²) in [5, 5.41) is 1.01. The molecule has 3 rings (SSSR count). The van der Waals surface area contributed by atoms with Gasteiger partial charge in [-0.1, -0.05) is 30.3 Å². The SMILES string of the molecule is Cc1ccc2c(C)nc(=O)n(-c3ccccc3)c2c1. The van der Waals surface area contributed by atoms with Crippen LogP contribution >= 0.6 is 0 Å². The summed E-state index contributed by atoms with van der Waals surface area (Å²) in [6, 6.07) is 15.7. The molecular weight excluding hydrogens is 236 g/mol. The molecule has 3 heteroatoms. The normalized spacial score (nSPS) is 10.8. The van der Waals surface area contributed by atoms with Gasteiger partial charge in [-0.25, -0.2) is 4.79 Å². The molecule has 0 saturated carbocycles. The van der Waals surface area contributed by atoms with E-state index in [0.717, 1.165) is 27.8 Å². The van der Waals surface area contributed by atoms with E-state index >= 15 is 0 Å². The average molecular weight is 250 g/mol. The molecule has 0 atom stereocenters. The highest BCUT2D eigenvalue weighted by atomic mass is 16.1. The van der Waals surface area contributed by atoms with Gasteiger partial charge < -0.3 is 0 Å². The van der Waals surface area contributed by atoms with Crippen LogP contribution in [0.4, 0.5) is 0 Å². The number of aryl methyl sites for hydroxylation is 2. The largest absolute Gasteiger partial charge is 0.352 e. The lowest BCUT2D eigenvalue weighted by atomic mass is 10.1. The maximum Gasteiger partial charge on any atom is 0.352 e. The van der Waals surface area contributed by atoms with E-state index in [1.807, 2.05) is 62.4 Å². The Bertz CT molecular complexity index is 804. The second-order valence-corrected chi connectivity index (χ2v) is 4.67. The van der Waals surface area contributed by atoms with E-state index in [1.54, 1.807) is 4.57 Å². The number of rotatable bonds is 1. The first-order valence-corrected chi connectivity index (χ1v) is 6.22. The number of benzene rings is 2. The summed E-state index contributed by atoms with van der Waals surface area (Å²) in [6.45, 7) is 3.89. The van der Waals surface area contributed by atoms with Gasteiger partial charge >= 0.3 is 5.69 Å². The number of nitrogens with zero attached hydrogens (tertiary/aromatic N) is 2. The van der Waals surface area contributed by atoms with Gasteiger partial charge in [-0.2, -0.15) is 4.98 Å². The van der Waals surface area contributed by atoms with E-state index in [0.29, 0.717) is 0 Å². The van der Waals surface area contributed by atoms with Crippen LogP contribution in [-0.2, 0) is 0 Å². The fourth-order valence-corrected chi connectivity index (χ4v) is 2.32. The van der Waals surface area contributed by atoms with Crippen LogP contribution in [0.5, 0.6) is 0 Å². The van der Waals surface area contributed by atoms with Gasteiger partial charge in [0.15, 0.2) is 0 Å². The second-order valence-electron chi connectivity index (χ2n) is 4.67. The highest BCUT2D eigenvalue weighted by molar-refractivity contribution is 5.83. The van der Waals surface area contributed by atoms with Crippen LogP contribution in [0.2, 0.25) is 0 Å². The van der Waals surface area contributed by atoms with Gasteiger partial charge in [-0.15, -0.1) is 0 Å². The lowest BCUT2D eigenvalue weighted by Crippen LogP contribution is -2.22. The summed E-state index contributed by atoms with van der Waals surface area (Å²) in [6.07, 6.45) is 0. The summed E-state index contributed by atoms with van der Waals surface area (Å²) in [5.74, 6) is 0. The zero-order chi connectivity index (χ0) is 13.4. The number of aromatic nitrogens is 2. The van der Waals surface area contributed by atoms with Gasteiger partial charge in [-0.3, -0.25) is 4.57 Å². The van der Waals surface area contributed by atoms with E-state index in [-0.39, 0.29) is 5.69 Å². The van der Waals surface area contributed by atoms with Gasteiger partial charge in [0.1, 0.15) is 0 Å². The Morgan fingerprint density at radius 2 is 1.74 bits per heavy atom. The summed E-state index contributed by atoms with van der Waals surface area (Å²) >= 11 is 0. The predicted molar refractivity (Wildman–Crippen MR) is 76.8 cm³/mol. The third kappa shape index (κ3) is 1.93. The van der Waals surface area contributed by atoms with Crippen molar-refractivity contribution in [3.63, 3.8) is 0 Å². The van der Waals surface area contributed by atoms with Crippen molar-refractivity contribution in [3.8, 4) is 5.69 Å². The molecule has 3 nitrogen and oxygen atoms in total.